The fourth-order valence-corrected chi connectivity index (χ4v) is 0.947. The first-order chi connectivity index (χ1) is 6.36. The Morgan fingerprint density at radius 3 is 2.69 bits per heavy atom. The maximum absolute atomic E-state index is 10.9. The van der Waals surface area contributed by atoms with Crippen molar-refractivity contribution in [3.8, 4) is 11.4 Å². The summed E-state index contributed by atoms with van der Waals surface area (Å²) < 4.78 is 0. The van der Waals surface area contributed by atoms with Gasteiger partial charge < -0.3 is 0 Å². The first-order valence-electron chi connectivity index (χ1n) is 3.68. The number of H-pyrrole nitrogens is 1. The van der Waals surface area contributed by atoms with Gasteiger partial charge in [0.1, 0.15) is 0 Å². The zero-order valence-corrected chi connectivity index (χ0v) is 6.64. The van der Waals surface area contributed by atoms with Gasteiger partial charge in [-0.25, -0.2) is 15.1 Å². The quantitative estimate of drug-likeness (QED) is 0.671. The third-order valence-corrected chi connectivity index (χ3v) is 1.49. The van der Waals surface area contributed by atoms with E-state index in [0.717, 1.165) is 0 Å². The van der Waals surface area contributed by atoms with Crippen LogP contribution in [0.1, 0.15) is 0 Å². The molecular formula is C8H6N4O. The topological polar surface area (TPSA) is 71.5 Å². The lowest BCUT2D eigenvalue weighted by molar-refractivity contribution is 0.984. The number of aromatic amines is 1. The van der Waals surface area contributed by atoms with Gasteiger partial charge >= 0.3 is 0 Å². The van der Waals surface area contributed by atoms with Crippen LogP contribution < -0.4 is 5.56 Å². The molecule has 2 aromatic rings. The molecule has 0 radical (unpaired) electrons. The number of hydrogen-bond donors (Lipinski definition) is 1. The molecule has 2 heterocycles. The van der Waals surface area contributed by atoms with Crippen molar-refractivity contribution >= 4 is 0 Å². The van der Waals surface area contributed by atoms with Gasteiger partial charge in [-0.05, 0) is 6.07 Å². The van der Waals surface area contributed by atoms with E-state index in [1.807, 2.05) is 0 Å². The van der Waals surface area contributed by atoms with Crippen LogP contribution in [-0.4, -0.2) is 20.2 Å². The van der Waals surface area contributed by atoms with Crippen molar-refractivity contribution in [3.63, 3.8) is 0 Å². The first-order valence-corrected chi connectivity index (χ1v) is 3.68. The zero-order chi connectivity index (χ0) is 9.10. The smallest absolute Gasteiger partial charge is 0.264 e. The van der Waals surface area contributed by atoms with E-state index >= 15 is 0 Å². The molecule has 1 N–H and O–H groups in total. The van der Waals surface area contributed by atoms with Crippen LogP contribution >= 0.6 is 0 Å². The Hall–Kier alpha value is -2.04. The molecule has 2 rings (SSSR count). The Morgan fingerprint density at radius 2 is 2.00 bits per heavy atom. The summed E-state index contributed by atoms with van der Waals surface area (Å²) in [6.45, 7) is 0. The largest absolute Gasteiger partial charge is 0.268 e. The number of aromatic nitrogens is 4. The van der Waals surface area contributed by atoms with E-state index in [9.17, 15) is 4.79 Å². The Balaban J connectivity index is 2.54. The molecule has 5 nitrogen and oxygen atoms in total. The molecule has 0 aliphatic rings. The van der Waals surface area contributed by atoms with E-state index in [-0.39, 0.29) is 5.56 Å². The number of nitrogens with zero attached hydrogens (tertiary/aromatic N) is 3. The van der Waals surface area contributed by atoms with Gasteiger partial charge in [0, 0.05) is 24.0 Å². The zero-order valence-electron chi connectivity index (χ0n) is 6.64. The van der Waals surface area contributed by atoms with E-state index < -0.39 is 0 Å². The van der Waals surface area contributed by atoms with Crippen molar-refractivity contribution in [3.05, 3.63) is 41.1 Å². The van der Waals surface area contributed by atoms with Crippen molar-refractivity contribution in [1.82, 2.24) is 20.2 Å². The van der Waals surface area contributed by atoms with Gasteiger partial charge in [-0.3, -0.25) is 4.79 Å². The van der Waals surface area contributed by atoms with E-state index in [1.165, 1.54) is 12.3 Å². The van der Waals surface area contributed by atoms with Crippen molar-refractivity contribution in [1.29, 1.82) is 0 Å². The molecule has 0 fully saturated rings. The van der Waals surface area contributed by atoms with E-state index in [4.69, 9.17) is 0 Å². The monoisotopic (exact) mass is 174 g/mol. The molecule has 5 heteroatoms. The summed E-state index contributed by atoms with van der Waals surface area (Å²) >= 11 is 0. The molecule has 0 atom stereocenters. The summed E-state index contributed by atoms with van der Waals surface area (Å²) in [5.41, 5.74) is 0.356. The highest BCUT2D eigenvalue weighted by molar-refractivity contribution is 5.51. The lowest BCUT2D eigenvalue weighted by Gasteiger charge is -1.95. The minimum Gasteiger partial charge on any atom is -0.268 e. The van der Waals surface area contributed by atoms with E-state index in [1.54, 1.807) is 18.5 Å². The highest BCUT2D eigenvalue weighted by Gasteiger charge is 1.99. The van der Waals surface area contributed by atoms with Crippen molar-refractivity contribution in [2.24, 2.45) is 0 Å². The van der Waals surface area contributed by atoms with Crippen molar-refractivity contribution in [2.75, 3.05) is 0 Å². The van der Waals surface area contributed by atoms with Gasteiger partial charge in [0.15, 0.2) is 5.82 Å². The third kappa shape index (κ3) is 1.58. The second-order valence-corrected chi connectivity index (χ2v) is 2.41. The normalized spacial score (nSPS) is 9.85. The van der Waals surface area contributed by atoms with Crippen LogP contribution in [-0.2, 0) is 0 Å². The Kier molecular flexibility index (Phi) is 1.84. The molecule has 64 valence electrons. The Labute approximate surface area is 73.5 Å². The molecule has 13 heavy (non-hydrogen) atoms. The summed E-state index contributed by atoms with van der Waals surface area (Å²) in [4.78, 5) is 18.9. The van der Waals surface area contributed by atoms with Gasteiger partial charge in [-0.1, -0.05) is 0 Å². The predicted molar refractivity (Wildman–Crippen MR) is 45.9 cm³/mol. The molecular weight excluding hydrogens is 168 g/mol. The molecule has 0 aliphatic carbocycles. The van der Waals surface area contributed by atoms with E-state index in [0.29, 0.717) is 11.4 Å². The van der Waals surface area contributed by atoms with Gasteiger partial charge in [0.25, 0.3) is 5.56 Å². The van der Waals surface area contributed by atoms with Crippen molar-refractivity contribution in [2.45, 2.75) is 0 Å². The van der Waals surface area contributed by atoms with Crippen molar-refractivity contribution < 1.29 is 0 Å². The van der Waals surface area contributed by atoms with E-state index in [2.05, 4.69) is 20.2 Å². The van der Waals surface area contributed by atoms with Crippen LogP contribution in [0, 0.1) is 0 Å². The summed E-state index contributed by atoms with van der Waals surface area (Å²) in [6, 6.07) is 3.12. The second kappa shape index (κ2) is 3.14. The minimum atomic E-state index is -0.259. The molecule has 0 saturated heterocycles. The molecule has 0 spiro atoms. The average molecular weight is 174 g/mol. The number of nitrogens with one attached hydrogen (secondary N) is 1. The Bertz CT molecular complexity index is 451. The maximum Gasteiger partial charge on any atom is 0.264 e. The van der Waals surface area contributed by atoms with Crippen LogP contribution in [0.5, 0.6) is 0 Å². The van der Waals surface area contributed by atoms with Crippen LogP contribution in [0.25, 0.3) is 11.4 Å². The second-order valence-electron chi connectivity index (χ2n) is 2.41. The first kappa shape index (κ1) is 7.60. The standard InChI is InChI=1S/C8H6N4O/c13-7-4-6(5-11-12-7)8-9-2-1-3-10-8/h1-5H,(H,12,13). The molecule has 0 saturated carbocycles. The lowest BCUT2D eigenvalue weighted by atomic mass is 10.3. The Morgan fingerprint density at radius 1 is 1.23 bits per heavy atom. The van der Waals surface area contributed by atoms with Crippen LogP contribution in [0.15, 0.2) is 35.5 Å². The van der Waals surface area contributed by atoms with Gasteiger partial charge in [0.2, 0.25) is 0 Å². The number of rotatable bonds is 1. The van der Waals surface area contributed by atoms with Gasteiger partial charge in [0.05, 0.1) is 6.20 Å². The van der Waals surface area contributed by atoms with Gasteiger partial charge in [-0.2, -0.15) is 5.10 Å². The van der Waals surface area contributed by atoms with Crippen LogP contribution in [0.3, 0.4) is 0 Å². The highest BCUT2D eigenvalue weighted by Crippen LogP contribution is 2.07. The SMILES string of the molecule is O=c1cc(-c2ncccn2)cn[nH]1. The number of hydrogen-bond acceptors (Lipinski definition) is 4. The van der Waals surface area contributed by atoms with Crippen LogP contribution in [0.4, 0.5) is 0 Å². The van der Waals surface area contributed by atoms with Crippen LogP contribution in [0.2, 0.25) is 0 Å². The summed E-state index contributed by atoms with van der Waals surface area (Å²) in [5, 5.41) is 5.92. The third-order valence-electron chi connectivity index (χ3n) is 1.49. The fourth-order valence-electron chi connectivity index (χ4n) is 0.947. The van der Waals surface area contributed by atoms with Gasteiger partial charge in [-0.15, -0.1) is 0 Å². The lowest BCUT2D eigenvalue weighted by Crippen LogP contribution is -2.06. The minimum absolute atomic E-state index is 0.259. The molecule has 0 aliphatic heterocycles. The summed E-state index contributed by atoms with van der Waals surface area (Å²) in [7, 11) is 0. The molecule has 0 bridgehead atoms. The molecule has 0 amide bonds. The molecule has 0 unspecified atom stereocenters. The summed E-state index contributed by atoms with van der Waals surface area (Å²) in [5.74, 6) is 0.501. The highest BCUT2D eigenvalue weighted by atomic mass is 16.1. The fraction of sp³-hybridized carbons (Fsp3) is 0. The maximum atomic E-state index is 10.9. The average Bonchev–Trinajstić information content (AvgIpc) is 2.19. The summed E-state index contributed by atoms with van der Waals surface area (Å²) in [6.07, 6.45) is 4.74. The molecule has 0 aromatic carbocycles. The molecule has 2 aromatic heterocycles. The predicted octanol–water partition coefficient (Wildman–Crippen LogP) is 0.227.